The summed E-state index contributed by atoms with van der Waals surface area (Å²) in [5.41, 5.74) is 3.91. The van der Waals surface area contributed by atoms with E-state index in [1.54, 1.807) is 31.8 Å². The number of pyridine rings is 1. The molecule has 2 aromatic heterocycles. The Morgan fingerprint density at radius 2 is 2.00 bits per heavy atom. The molecule has 3 aromatic rings. The van der Waals surface area contributed by atoms with Gasteiger partial charge in [0.1, 0.15) is 11.9 Å². The largest absolute Gasteiger partial charge is 0.480 e. The summed E-state index contributed by atoms with van der Waals surface area (Å²) in [5, 5.41) is 21.9. The summed E-state index contributed by atoms with van der Waals surface area (Å²) in [5.74, 6) is -0.382. The van der Waals surface area contributed by atoms with Crippen LogP contribution in [0.25, 0.3) is 22.4 Å². The number of hydrogen-bond donors (Lipinski definition) is 3. The molecule has 9 nitrogen and oxygen atoms in total. The molecule has 3 N–H and O–H groups in total. The number of aliphatic carboxylic acids is 1. The molecule has 0 aliphatic heterocycles. The van der Waals surface area contributed by atoms with Gasteiger partial charge >= 0.3 is 5.97 Å². The number of nitrogens with one attached hydrogen (secondary N) is 1. The van der Waals surface area contributed by atoms with Crippen molar-refractivity contribution in [2.45, 2.75) is 45.5 Å². The molecule has 0 saturated heterocycles. The molecule has 9 heteroatoms. The highest BCUT2D eigenvalue weighted by Crippen LogP contribution is 2.29. The molecule has 0 bridgehead atoms. The van der Waals surface area contributed by atoms with Gasteiger partial charge in [0.2, 0.25) is 0 Å². The van der Waals surface area contributed by atoms with Crippen molar-refractivity contribution in [2.75, 3.05) is 13.7 Å². The first-order valence-electron chi connectivity index (χ1n) is 10.5. The summed E-state index contributed by atoms with van der Waals surface area (Å²) in [6.07, 6.45) is 0.748. The maximum Gasteiger partial charge on any atom is 0.323 e. The van der Waals surface area contributed by atoms with Gasteiger partial charge in [0.05, 0.1) is 29.8 Å². The average molecular weight is 443 g/mol. The summed E-state index contributed by atoms with van der Waals surface area (Å²) in [6.45, 7) is 5.99. The number of ether oxygens (including phenoxy) is 1. The second-order valence-electron chi connectivity index (χ2n) is 8.20. The average Bonchev–Trinajstić information content (AvgIpc) is 3.10. The van der Waals surface area contributed by atoms with Crippen LogP contribution in [0.3, 0.4) is 0 Å². The summed E-state index contributed by atoms with van der Waals surface area (Å²) in [7, 11) is 3.36. The van der Waals surface area contributed by atoms with Crippen molar-refractivity contribution in [1.29, 1.82) is 0 Å². The van der Waals surface area contributed by atoms with Gasteiger partial charge in [-0.2, -0.15) is 0 Å². The molecule has 0 unspecified atom stereocenters. The van der Waals surface area contributed by atoms with E-state index in [0.717, 1.165) is 28.0 Å². The lowest BCUT2D eigenvalue weighted by Crippen LogP contribution is -2.44. The molecule has 1 aromatic carbocycles. The minimum Gasteiger partial charge on any atom is -0.480 e. The smallest absolute Gasteiger partial charge is 0.323 e. The third-order valence-electron chi connectivity index (χ3n) is 5.50. The molecule has 0 spiro atoms. The van der Waals surface area contributed by atoms with Crippen molar-refractivity contribution in [3.8, 4) is 11.4 Å². The van der Waals surface area contributed by atoms with Crippen LogP contribution in [0.1, 0.15) is 31.0 Å². The van der Waals surface area contributed by atoms with E-state index >= 15 is 0 Å². The van der Waals surface area contributed by atoms with Crippen molar-refractivity contribution < 1.29 is 19.7 Å². The number of benzene rings is 1. The van der Waals surface area contributed by atoms with Gasteiger partial charge in [0.25, 0.3) is 5.56 Å². The van der Waals surface area contributed by atoms with Gasteiger partial charge in [-0.1, -0.05) is 6.07 Å². The third-order valence-corrected chi connectivity index (χ3v) is 5.50. The third kappa shape index (κ3) is 4.74. The minimum atomic E-state index is -1.10. The SMILES string of the molecule is COC[C@H](C)n1c(-c2cc(C)c(=O)n(C)c2)nc2ccc(CN[C@H](C(=O)O)[C@@H](C)O)cc21. The van der Waals surface area contributed by atoms with Crippen LogP contribution >= 0.6 is 0 Å². The van der Waals surface area contributed by atoms with Crippen LogP contribution in [0.5, 0.6) is 0 Å². The Labute approximate surface area is 186 Å². The molecular formula is C23H30N4O5. The number of imidazole rings is 1. The van der Waals surface area contributed by atoms with Crippen molar-refractivity contribution in [3.05, 3.63) is 51.9 Å². The second-order valence-corrected chi connectivity index (χ2v) is 8.20. The number of aliphatic hydroxyl groups is 1. The Morgan fingerprint density at radius 1 is 1.28 bits per heavy atom. The number of carbonyl (C=O) groups is 1. The lowest BCUT2D eigenvalue weighted by Gasteiger charge is -2.19. The molecule has 32 heavy (non-hydrogen) atoms. The van der Waals surface area contributed by atoms with Crippen LogP contribution in [0, 0.1) is 6.92 Å². The van der Waals surface area contributed by atoms with Gasteiger partial charge in [-0.05, 0) is 44.5 Å². The van der Waals surface area contributed by atoms with Crippen molar-refractivity contribution in [3.63, 3.8) is 0 Å². The lowest BCUT2D eigenvalue weighted by atomic mass is 10.1. The maximum absolute atomic E-state index is 12.2. The quantitative estimate of drug-likeness (QED) is 0.463. The maximum atomic E-state index is 12.2. The number of hydrogen-bond acceptors (Lipinski definition) is 6. The van der Waals surface area contributed by atoms with Crippen LogP contribution in [0.15, 0.2) is 35.3 Å². The van der Waals surface area contributed by atoms with Crippen molar-refractivity contribution in [1.82, 2.24) is 19.4 Å². The predicted octanol–water partition coefficient (Wildman–Crippen LogP) is 1.84. The first-order chi connectivity index (χ1) is 15.1. The molecule has 0 radical (unpaired) electrons. The van der Waals surface area contributed by atoms with E-state index in [0.29, 0.717) is 12.2 Å². The zero-order chi connectivity index (χ0) is 23.6. The first-order valence-corrected chi connectivity index (χ1v) is 10.5. The molecule has 0 fully saturated rings. The van der Waals surface area contributed by atoms with Crippen LogP contribution in [-0.4, -0.2) is 56.2 Å². The summed E-state index contributed by atoms with van der Waals surface area (Å²) in [6, 6.07) is 6.46. The van der Waals surface area contributed by atoms with E-state index in [4.69, 9.17) is 9.72 Å². The van der Waals surface area contributed by atoms with Gasteiger partial charge in [0.15, 0.2) is 0 Å². The number of aryl methyl sites for hydroxylation is 2. The Kier molecular flexibility index (Phi) is 7.12. The molecule has 3 atom stereocenters. The Hall–Kier alpha value is -3.01. The lowest BCUT2D eigenvalue weighted by molar-refractivity contribution is -0.142. The summed E-state index contributed by atoms with van der Waals surface area (Å²) >= 11 is 0. The van der Waals surface area contributed by atoms with E-state index in [1.165, 1.54) is 6.92 Å². The highest BCUT2D eigenvalue weighted by Gasteiger charge is 2.23. The standard InChI is InChI=1S/C23H30N4O5/c1-13-8-17(11-26(4)22(13)29)21-25-18-7-6-16(10-24-20(15(3)28)23(30)31)9-19(18)27(21)14(2)12-32-5/h6-9,11,14-15,20,24,28H,10,12H2,1-5H3,(H,30,31)/t14-,15+,20-/m0/s1. The van der Waals surface area contributed by atoms with E-state index in [2.05, 4.69) is 9.88 Å². The van der Waals surface area contributed by atoms with E-state index in [-0.39, 0.29) is 18.1 Å². The number of carboxylic acid groups (broad SMARTS) is 1. The van der Waals surface area contributed by atoms with Gasteiger partial charge in [-0.15, -0.1) is 0 Å². The van der Waals surface area contributed by atoms with Crippen LogP contribution in [0.2, 0.25) is 0 Å². The molecule has 0 amide bonds. The number of fused-ring (bicyclic) bond motifs is 1. The van der Waals surface area contributed by atoms with E-state index in [1.807, 2.05) is 31.2 Å². The summed E-state index contributed by atoms with van der Waals surface area (Å²) in [4.78, 5) is 28.3. The number of nitrogens with zero attached hydrogens (tertiary/aromatic N) is 3. The number of aromatic nitrogens is 3. The normalized spacial score (nSPS) is 14.4. The van der Waals surface area contributed by atoms with Crippen LogP contribution in [-0.2, 0) is 23.1 Å². The molecular weight excluding hydrogens is 412 g/mol. The molecule has 2 heterocycles. The molecule has 0 aliphatic rings. The minimum absolute atomic E-state index is 0.0371. The topological polar surface area (TPSA) is 119 Å². The molecule has 3 rings (SSSR count). The Morgan fingerprint density at radius 3 is 2.59 bits per heavy atom. The fraction of sp³-hybridized carbons (Fsp3) is 0.435. The highest BCUT2D eigenvalue weighted by atomic mass is 16.5. The molecule has 0 saturated carbocycles. The monoisotopic (exact) mass is 442 g/mol. The Balaban J connectivity index is 2.09. The number of aliphatic hydroxyl groups excluding tert-OH is 1. The first kappa shape index (κ1) is 23.6. The van der Waals surface area contributed by atoms with Gasteiger partial charge < -0.3 is 24.1 Å². The van der Waals surface area contributed by atoms with Crippen molar-refractivity contribution in [2.24, 2.45) is 7.05 Å². The van der Waals surface area contributed by atoms with Crippen LogP contribution < -0.4 is 10.9 Å². The van der Waals surface area contributed by atoms with Gasteiger partial charge in [-0.25, -0.2) is 4.98 Å². The fourth-order valence-corrected chi connectivity index (χ4v) is 3.91. The van der Waals surface area contributed by atoms with Crippen LogP contribution in [0.4, 0.5) is 0 Å². The van der Waals surface area contributed by atoms with E-state index in [9.17, 15) is 19.8 Å². The number of rotatable bonds is 9. The highest BCUT2D eigenvalue weighted by molar-refractivity contribution is 5.81. The van der Waals surface area contributed by atoms with Crippen molar-refractivity contribution >= 4 is 17.0 Å². The Bertz CT molecular complexity index is 1150. The zero-order valence-electron chi connectivity index (χ0n) is 19.0. The van der Waals surface area contributed by atoms with E-state index < -0.39 is 18.1 Å². The second kappa shape index (κ2) is 9.64. The molecule has 0 aliphatic carbocycles. The number of methoxy groups -OCH3 is 1. The zero-order valence-corrected chi connectivity index (χ0v) is 19.0. The summed E-state index contributed by atoms with van der Waals surface area (Å²) < 4.78 is 9.01. The fourth-order valence-electron chi connectivity index (χ4n) is 3.91. The predicted molar refractivity (Wildman–Crippen MR) is 122 cm³/mol. The number of carboxylic acids is 1. The van der Waals surface area contributed by atoms with Gasteiger partial charge in [0, 0.05) is 38.0 Å². The van der Waals surface area contributed by atoms with Gasteiger partial charge in [-0.3, -0.25) is 14.9 Å². The molecule has 172 valence electrons.